The number of hydrogen-bond donors (Lipinski definition) is 0. The van der Waals surface area contributed by atoms with E-state index in [1.807, 2.05) is 30.3 Å². The molecule has 0 spiro atoms. The van der Waals surface area contributed by atoms with Crippen molar-refractivity contribution in [1.82, 2.24) is 0 Å². The number of unbranched alkanes of at least 4 members (excludes halogenated alkanes) is 1. The molecule has 0 saturated carbocycles. The van der Waals surface area contributed by atoms with Gasteiger partial charge in [-0.05, 0) is 50.5 Å². The Morgan fingerprint density at radius 3 is 2.66 bits per heavy atom. The average molecular weight is 434 g/mol. The topological polar surface area (TPSA) is 78.9 Å². The standard InChI is InChI=1S/C26H26O6/c1-4-6-9-17-12-19-23(14-22(17)31-16(3)26(28)29-5-2)30-15-20(25(19)27)24-13-18-10-7-8-11-21(18)32-24/h7-8,10-16H,4-6,9H2,1-3H3. The van der Waals surface area contributed by atoms with Crippen LogP contribution in [0.3, 0.4) is 0 Å². The minimum Gasteiger partial charge on any atom is -0.479 e. The van der Waals surface area contributed by atoms with Crippen molar-refractivity contribution in [3.8, 4) is 17.1 Å². The highest BCUT2D eigenvalue weighted by Crippen LogP contribution is 2.31. The molecule has 2 aromatic heterocycles. The molecular weight excluding hydrogens is 408 g/mol. The summed E-state index contributed by atoms with van der Waals surface area (Å²) in [7, 11) is 0. The molecule has 2 aromatic carbocycles. The quantitative estimate of drug-likeness (QED) is 0.322. The van der Waals surface area contributed by atoms with E-state index in [1.165, 1.54) is 6.26 Å². The number of aryl methyl sites for hydroxylation is 1. The van der Waals surface area contributed by atoms with Gasteiger partial charge in [0.25, 0.3) is 0 Å². The Hall–Kier alpha value is -3.54. The van der Waals surface area contributed by atoms with E-state index in [1.54, 1.807) is 26.0 Å². The molecule has 0 amide bonds. The lowest BCUT2D eigenvalue weighted by Gasteiger charge is -2.17. The van der Waals surface area contributed by atoms with Crippen molar-refractivity contribution in [3.05, 3.63) is 64.5 Å². The number of furan rings is 1. The number of hydrogen-bond acceptors (Lipinski definition) is 6. The maximum absolute atomic E-state index is 13.3. The summed E-state index contributed by atoms with van der Waals surface area (Å²) in [5, 5.41) is 1.37. The zero-order valence-corrected chi connectivity index (χ0v) is 18.5. The molecule has 6 nitrogen and oxygen atoms in total. The third kappa shape index (κ3) is 4.26. The molecule has 0 aliphatic heterocycles. The number of para-hydroxylation sites is 1. The van der Waals surface area contributed by atoms with E-state index in [-0.39, 0.29) is 12.0 Å². The molecule has 0 aliphatic rings. The highest BCUT2D eigenvalue weighted by atomic mass is 16.6. The predicted molar refractivity (Wildman–Crippen MR) is 123 cm³/mol. The van der Waals surface area contributed by atoms with Crippen LogP contribution in [0.15, 0.2) is 62.4 Å². The molecule has 0 bridgehead atoms. The van der Waals surface area contributed by atoms with Crippen LogP contribution in [-0.4, -0.2) is 18.7 Å². The molecule has 0 N–H and O–H groups in total. The second-order valence-electron chi connectivity index (χ2n) is 7.70. The first-order valence-electron chi connectivity index (χ1n) is 10.9. The number of carbonyl (C=O) groups excluding carboxylic acids is 1. The van der Waals surface area contributed by atoms with Crippen molar-refractivity contribution >= 4 is 27.9 Å². The summed E-state index contributed by atoms with van der Waals surface area (Å²) in [6, 6.07) is 12.9. The second-order valence-corrected chi connectivity index (χ2v) is 7.70. The van der Waals surface area contributed by atoms with Crippen LogP contribution < -0.4 is 10.2 Å². The summed E-state index contributed by atoms with van der Waals surface area (Å²) in [4.78, 5) is 25.4. The Morgan fingerprint density at radius 2 is 1.91 bits per heavy atom. The molecule has 1 unspecified atom stereocenters. The SMILES string of the molecule is CCCCc1cc2c(=O)c(-c3cc4ccccc4o3)coc2cc1OC(C)C(=O)OCC. The minimum atomic E-state index is -0.769. The Bertz CT molecular complexity index is 1280. The molecule has 0 radical (unpaired) electrons. The smallest absolute Gasteiger partial charge is 0.347 e. The first kappa shape index (κ1) is 21.7. The summed E-state index contributed by atoms with van der Waals surface area (Å²) >= 11 is 0. The fraction of sp³-hybridized carbons (Fsp3) is 0.308. The number of rotatable bonds is 8. The first-order valence-corrected chi connectivity index (χ1v) is 10.9. The van der Waals surface area contributed by atoms with E-state index in [9.17, 15) is 9.59 Å². The van der Waals surface area contributed by atoms with Gasteiger partial charge in [0.2, 0.25) is 5.43 Å². The van der Waals surface area contributed by atoms with Gasteiger partial charge in [0.05, 0.1) is 12.0 Å². The first-order chi connectivity index (χ1) is 15.5. The van der Waals surface area contributed by atoms with Crippen LogP contribution in [0.2, 0.25) is 0 Å². The number of esters is 1. The summed E-state index contributed by atoms with van der Waals surface area (Å²) in [5.74, 6) is 0.551. The van der Waals surface area contributed by atoms with Gasteiger partial charge in [-0.3, -0.25) is 4.79 Å². The Labute approximate surface area is 185 Å². The molecule has 1 atom stereocenters. The van der Waals surface area contributed by atoms with Crippen molar-refractivity contribution in [3.63, 3.8) is 0 Å². The van der Waals surface area contributed by atoms with E-state index >= 15 is 0 Å². The third-order valence-electron chi connectivity index (χ3n) is 5.37. The Kier molecular flexibility index (Phi) is 6.30. The van der Waals surface area contributed by atoms with Crippen LogP contribution >= 0.6 is 0 Å². The van der Waals surface area contributed by atoms with Crippen molar-refractivity contribution < 1.29 is 23.1 Å². The van der Waals surface area contributed by atoms with E-state index in [4.69, 9.17) is 18.3 Å². The third-order valence-corrected chi connectivity index (χ3v) is 5.37. The van der Waals surface area contributed by atoms with Crippen LogP contribution in [0.4, 0.5) is 0 Å². The van der Waals surface area contributed by atoms with Gasteiger partial charge in [-0.2, -0.15) is 0 Å². The fourth-order valence-electron chi connectivity index (χ4n) is 3.66. The van der Waals surface area contributed by atoms with Gasteiger partial charge >= 0.3 is 5.97 Å². The Balaban J connectivity index is 1.78. The zero-order chi connectivity index (χ0) is 22.7. The van der Waals surface area contributed by atoms with Crippen LogP contribution in [0.25, 0.3) is 33.3 Å². The maximum Gasteiger partial charge on any atom is 0.347 e. The second kappa shape index (κ2) is 9.30. The summed E-state index contributed by atoms with van der Waals surface area (Å²) < 4.78 is 22.6. The van der Waals surface area contributed by atoms with Gasteiger partial charge in [-0.1, -0.05) is 31.5 Å². The van der Waals surface area contributed by atoms with Gasteiger partial charge in [0.1, 0.15) is 34.5 Å². The fourth-order valence-corrected chi connectivity index (χ4v) is 3.66. The van der Waals surface area contributed by atoms with Gasteiger partial charge in [0.15, 0.2) is 6.10 Å². The summed E-state index contributed by atoms with van der Waals surface area (Å²) in [5.41, 5.74) is 2.14. The normalized spacial score (nSPS) is 12.2. The number of fused-ring (bicyclic) bond motifs is 2. The van der Waals surface area contributed by atoms with Crippen LogP contribution in [0, 0.1) is 0 Å². The summed E-state index contributed by atoms with van der Waals surface area (Å²) in [6.45, 7) is 5.78. The van der Waals surface area contributed by atoms with Gasteiger partial charge < -0.3 is 18.3 Å². The van der Waals surface area contributed by atoms with Crippen LogP contribution in [-0.2, 0) is 16.0 Å². The molecular formula is C26H26O6. The van der Waals surface area contributed by atoms with E-state index < -0.39 is 12.1 Å². The minimum absolute atomic E-state index is 0.173. The van der Waals surface area contributed by atoms with Crippen molar-refractivity contribution in [2.45, 2.75) is 46.1 Å². The number of benzene rings is 2. The molecule has 4 aromatic rings. The zero-order valence-electron chi connectivity index (χ0n) is 18.5. The van der Waals surface area contributed by atoms with Gasteiger partial charge in [0, 0.05) is 11.5 Å². The van der Waals surface area contributed by atoms with Gasteiger partial charge in [-0.25, -0.2) is 4.79 Å². The lowest BCUT2D eigenvalue weighted by molar-refractivity contribution is -0.150. The molecule has 166 valence electrons. The van der Waals surface area contributed by atoms with Crippen molar-refractivity contribution in [2.24, 2.45) is 0 Å². The molecule has 0 aliphatic carbocycles. The Morgan fingerprint density at radius 1 is 1.09 bits per heavy atom. The predicted octanol–water partition coefficient (Wildman–Crippen LogP) is 5.88. The van der Waals surface area contributed by atoms with Crippen molar-refractivity contribution in [2.75, 3.05) is 6.61 Å². The molecule has 2 heterocycles. The lowest BCUT2D eigenvalue weighted by Crippen LogP contribution is -2.26. The molecule has 0 saturated heterocycles. The van der Waals surface area contributed by atoms with E-state index in [2.05, 4.69) is 6.92 Å². The van der Waals surface area contributed by atoms with E-state index in [0.29, 0.717) is 40.0 Å². The molecule has 0 fully saturated rings. The highest BCUT2D eigenvalue weighted by molar-refractivity contribution is 5.86. The monoisotopic (exact) mass is 434 g/mol. The number of carbonyl (C=O) groups is 1. The molecule has 6 heteroatoms. The molecule has 32 heavy (non-hydrogen) atoms. The van der Waals surface area contributed by atoms with Crippen molar-refractivity contribution in [1.29, 1.82) is 0 Å². The lowest BCUT2D eigenvalue weighted by atomic mass is 10.0. The summed E-state index contributed by atoms with van der Waals surface area (Å²) in [6.07, 6.45) is 3.26. The average Bonchev–Trinajstić information content (AvgIpc) is 3.22. The van der Waals surface area contributed by atoms with E-state index in [0.717, 1.165) is 23.8 Å². The van der Waals surface area contributed by atoms with Crippen LogP contribution in [0.5, 0.6) is 5.75 Å². The maximum atomic E-state index is 13.3. The largest absolute Gasteiger partial charge is 0.479 e. The highest BCUT2D eigenvalue weighted by Gasteiger charge is 2.20. The van der Waals surface area contributed by atoms with Gasteiger partial charge in [-0.15, -0.1) is 0 Å². The van der Waals surface area contributed by atoms with Crippen LogP contribution in [0.1, 0.15) is 39.2 Å². The number of ether oxygens (including phenoxy) is 2. The molecule has 4 rings (SSSR count).